The molecule has 0 radical (unpaired) electrons. The third kappa shape index (κ3) is 363. The molecule has 0 aliphatic rings. The minimum Gasteiger partial charge on any atom is -0.750 e. The summed E-state index contributed by atoms with van der Waals surface area (Å²) in [5.41, 5.74) is 0. The van der Waals surface area contributed by atoms with Gasteiger partial charge in [0.1, 0.15) is 0 Å². The molecule has 0 aromatic rings. The fraction of sp³-hybridized carbons (Fsp3) is 0. The molecule has 14 heavy (non-hydrogen) atoms. The molecule has 0 aromatic heterocycles. The van der Waals surface area contributed by atoms with Crippen LogP contribution in [0.2, 0.25) is 0 Å². The molecule has 0 saturated carbocycles. The Morgan fingerprint density at radius 2 is 0.714 bits per heavy atom. The first-order valence-corrected chi connectivity index (χ1v) is 4.64. The minimum absolute atomic E-state index is 0. The van der Waals surface area contributed by atoms with E-state index in [0.717, 1.165) is 0 Å². The van der Waals surface area contributed by atoms with Gasteiger partial charge < -0.3 is 27.3 Å². The molecule has 0 aromatic carbocycles. The molecule has 14 heteroatoms. The Balaban J connectivity index is -0.0000000270. The minimum atomic E-state index is -2.86. The Kier molecular flexibility index (Phi) is 53.4. The third-order valence-corrected chi connectivity index (χ3v) is 0. The maximum Gasteiger partial charge on any atom is 2.00 e. The van der Waals surface area contributed by atoms with Gasteiger partial charge in [0.15, 0.2) is 0 Å². The topological polar surface area (TPSA) is 181 Å². The Hall–Kier alpha value is 2.78. The van der Waals surface area contributed by atoms with Gasteiger partial charge in [-0.2, -0.15) is 0 Å². The molecule has 78 valence electrons. The van der Waals surface area contributed by atoms with Crippen LogP contribution in [0.4, 0.5) is 0 Å². The van der Waals surface area contributed by atoms with E-state index in [9.17, 15) is 0 Å². The summed E-state index contributed by atoms with van der Waals surface area (Å²) in [4.78, 5) is 0. The van der Waals surface area contributed by atoms with Crippen LogP contribution < -0.4 is 29.6 Å². The summed E-state index contributed by atoms with van der Waals surface area (Å²) in [6, 6.07) is 0. The molecular formula is H3BaNaO9S3. The standard InChI is InChI=1S/Ba.Na.3H2O3S/c;;3*1-4(2)3/h;;3*(H2,1,2,3)/q+2;+1;;;/p-3. The van der Waals surface area contributed by atoms with Gasteiger partial charge in [0.2, 0.25) is 0 Å². The molecule has 0 aliphatic heterocycles. The monoisotopic (exact) mass is 404 g/mol. The van der Waals surface area contributed by atoms with Crippen LogP contribution in [-0.2, 0) is 34.1 Å². The zero-order chi connectivity index (χ0) is 10.7. The van der Waals surface area contributed by atoms with Crippen LogP contribution >= 0.6 is 0 Å². The normalized spacial score (nSPS) is 13.3. The van der Waals surface area contributed by atoms with Crippen molar-refractivity contribution < 1.29 is 69.5 Å². The molecule has 3 unspecified atom stereocenters. The first kappa shape index (κ1) is 30.1. The Morgan fingerprint density at radius 1 is 0.714 bits per heavy atom. The van der Waals surface area contributed by atoms with E-state index in [1.165, 1.54) is 0 Å². The molecule has 0 rings (SSSR count). The molecule has 0 bridgehead atoms. The first-order chi connectivity index (χ1) is 5.20. The van der Waals surface area contributed by atoms with Gasteiger partial charge in [-0.05, 0) is 0 Å². The third-order valence-electron chi connectivity index (χ3n) is 0. The van der Waals surface area contributed by atoms with Crippen molar-refractivity contribution in [2.45, 2.75) is 0 Å². The van der Waals surface area contributed by atoms with Gasteiger partial charge in [0, 0.05) is 0 Å². The van der Waals surface area contributed by atoms with Crippen LogP contribution in [0.25, 0.3) is 0 Å². The van der Waals surface area contributed by atoms with E-state index in [1.807, 2.05) is 0 Å². The Morgan fingerprint density at radius 3 is 0.714 bits per heavy atom. The molecule has 0 amide bonds. The van der Waals surface area contributed by atoms with Crippen molar-refractivity contribution >= 4 is 83.0 Å². The van der Waals surface area contributed by atoms with Crippen molar-refractivity contribution in [2.24, 2.45) is 0 Å². The quantitative estimate of drug-likeness (QED) is 0.263. The van der Waals surface area contributed by atoms with Gasteiger partial charge in [-0.3, -0.25) is 0 Å². The maximum atomic E-state index is 8.56. The fourth-order valence-corrected chi connectivity index (χ4v) is 0. The van der Waals surface area contributed by atoms with Crippen LogP contribution in [0.5, 0.6) is 0 Å². The van der Waals surface area contributed by atoms with Gasteiger partial charge in [-0.15, -0.1) is 0 Å². The molecule has 3 atom stereocenters. The van der Waals surface area contributed by atoms with Crippen LogP contribution in [0.15, 0.2) is 0 Å². The number of hydrogen-bond donors (Lipinski definition) is 3. The van der Waals surface area contributed by atoms with Crippen LogP contribution in [0, 0.1) is 0 Å². The van der Waals surface area contributed by atoms with Crippen LogP contribution in [-0.4, -0.2) is 88.8 Å². The van der Waals surface area contributed by atoms with Crippen molar-refractivity contribution in [2.75, 3.05) is 0 Å². The number of hydrogen-bond acceptors (Lipinski definition) is 6. The number of rotatable bonds is 0. The van der Waals surface area contributed by atoms with Crippen molar-refractivity contribution in [3.05, 3.63) is 0 Å². The van der Waals surface area contributed by atoms with E-state index < -0.39 is 34.1 Å². The predicted molar refractivity (Wildman–Crippen MR) is 40.4 cm³/mol. The van der Waals surface area contributed by atoms with Gasteiger partial charge in [-0.1, -0.05) is 0 Å². The summed E-state index contributed by atoms with van der Waals surface area (Å²) < 4.78 is 72.2. The summed E-state index contributed by atoms with van der Waals surface area (Å²) in [6.45, 7) is 0. The van der Waals surface area contributed by atoms with Gasteiger partial charge in [0.05, 0.1) is 34.1 Å². The molecule has 9 nitrogen and oxygen atoms in total. The second-order valence-electron chi connectivity index (χ2n) is 0.651. The van der Waals surface area contributed by atoms with E-state index >= 15 is 0 Å². The average molecular weight is 404 g/mol. The smallest absolute Gasteiger partial charge is 0.750 e. The van der Waals surface area contributed by atoms with Gasteiger partial charge in [-0.25, -0.2) is 12.6 Å². The molecule has 0 saturated heterocycles. The van der Waals surface area contributed by atoms with Gasteiger partial charge >= 0.3 is 78.4 Å². The fourth-order valence-electron chi connectivity index (χ4n) is 0. The van der Waals surface area contributed by atoms with E-state index in [4.69, 9.17) is 39.9 Å². The van der Waals surface area contributed by atoms with E-state index in [1.54, 1.807) is 0 Å². The second-order valence-corrected chi connectivity index (χ2v) is 1.95. The Labute approximate surface area is 150 Å². The largest absolute Gasteiger partial charge is 2.00 e. The summed E-state index contributed by atoms with van der Waals surface area (Å²) in [5, 5.41) is 0. The van der Waals surface area contributed by atoms with E-state index in [2.05, 4.69) is 0 Å². The van der Waals surface area contributed by atoms with Crippen molar-refractivity contribution in [1.82, 2.24) is 0 Å². The summed E-state index contributed by atoms with van der Waals surface area (Å²) in [6.07, 6.45) is 0. The van der Waals surface area contributed by atoms with Crippen LogP contribution in [0.3, 0.4) is 0 Å². The predicted octanol–water partition coefficient (Wildman–Crippen LogP) is -5.36. The summed E-state index contributed by atoms with van der Waals surface area (Å²) in [5.74, 6) is 0. The van der Waals surface area contributed by atoms with Crippen molar-refractivity contribution in [3.8, 4) is 0 Å². The SMILES string of the molecule is O=S([O-])O.O=S([O-])O.O=S([O-])O.[Ba+2].[Na+]. The molecular weight excluding hydrogens is 401 g/mol. The molecule has 0 heterocycles. The zero-order valence-electron chi connectivity index (χ0n) is 6.72. The van der Waals surface area contributed by atoms with E-state index in [-0.39, 0.29) is 78.4 Å². The van der Waals surface area contributed by atoms with Crippen molar-refractivity contribution in [3.63, 3.8) is 0 Å². The van der Waals surface area contributed by atoms with Crippen molar-refractivity contribution in [1.29, 1.82) is 0 Å². The van der Waals surface area contributed by atoms with Gasteiger partial charge in [0.25, 0.3) is 0 Å². The second kappa shape index (κ2) is 24.8. The van der Waals surface area contributed by atoms with E-state index in [0.29, 0.717) is 0 Å². The Bertz CT molecular complexity index is 118. The molecule has 0 fully saturated rings. The summed E-state index contributed by atoms with van der Waals surface area (Å²) >= 11 is -8.58. The molecule has 0 aliphatic carbocycles. The molecule has 3 N–H and O–H groups in total. The first-order valence-electron chi connectivity index (χ1n) is 1.55. The summed E-state index contributed by atoms with van der Waals surface area (Å²) in [7, 11) is 0. The zero-order valence-corrected chi connectivity index (χ0v) is 15.6. The average Bonchev–Trinajstić information content (AvgIpc) is 1.54. The molecule has 0 spiro atoms. The maximum absolute atomic E-state index is 8.56. The van der Waals surface area contributed by atoms with Crippen LogP contribution in [0.1, 0.15) is 0 Å².